The Morgan fingerprint density at radius 3 is 3.00 bits per heavy atom. The summed E-state index contributed by atoms with van der Waals surface area (Å²) in [5.74, 6) is 2.73. The van der Waals surface area contributed by atoms with Gasteiger partial charge in [-0.2, -0.15) is 0 Å². The molecule has 2 heterocycles. The highest BCUT2D eigenvalue weighted by Gasteiger charge is 2.28. The fourth-order valence-corrected chi connectivity index (χ4v) is 2.65. The largest absolute Gasteiger partial charge is 0.300 e. The van der Waals surface area contributed by atoms with E-state index < -0.39 is 0 Å². The first-order valence-electron chi connectivity index (χ1n) is 5.80. The minimum atomic E-state index is 0.829. The lowest BCUT2D eigenvalue weighted by Crippen LogP contribution is -2.54. The van der Waals surface area contributed by atoms with Crippen LogP contribution in [0.1, 0.15) is 25.7 Å². The standard InChI is InChI=1S/C12H20N2/c1-2-3-7-13-9-10-14-8-5-4-6-12(14)11-13/h1,12H,3-11H2. The molecule has 1 unspecified atom stereocenters. The van der Waals surface area contributed by atoms with Gasteiger partial charge in [-0.3, -0.25) is 9.80 Å². The van der Waals surface area contributed by atoms with E-state index in [1.54, 1.807) is 0 Å². The van der Waals surface area contributed by atoms with Gasteiger partial charge in [0, 0.05) is 38.6 Å². The third kappa shape index (κ3) is 2.29. The lowest BCUT2D eigenvalue weighted by atomic mass is 9.99. The molecule has 14 heavy (non-hydrogen) atoms. The maximum absolute atomic E-state index is 5.29. The van der Waals surface area contributed by atoms with Crippen LogP contribution in [0.5, 0.6) is 0 Å². The van der Waals surface area contributed by atoms with Gasteiger partial charge in [-0.1, -0.05) is 6.42 Å². The fourth-order valence-electron chi connectivity index (χ4n) is 2.65. The number of terminal acetylenes is 1. The second-order valence-corrected chi connectivity index (χ2v) is 4.44. The predicted molar refractivity (Wildman–Crippen MR) is 59.1 cm³/mol. The second-order valence-electron chi connectivity index (χ2n) is 4.44. The molecular formula is C12H20N2. The van der Waals surface area contributed by atoms with Gasteiger partial charge in [0.05, 0.1) is 0 Å². The molecule has 78 valence electrons. The number of hydrogen-bond donors (Lipinski definition) is 0. The molecule has 0 aromatic carbocycles. The molecule has 0 aromatic rings. The summed E-state index contributed by atoms with van der Waals surface area (Å²) in [6.07, 6.45) is 10.4. The predicted octanol–water partition coefficient (Wildman–Crippen LogP) is 1.18. The van der Waals surface area contributed by atoms with Gasteiger partial charge in [-0.25, -0.2) is 0 Å². The van der Waals surface area contributed by atoms with E-state index in [0.717, 1.165) is 19.0 Å². The van der Waals surface area contributed by atoms with Crippen LogP contribution in [0.2, 0.25) is 0 Å². The van der Waals surface area contributed by atoms with Crippen molar-refractivity contribution in [1.29, 1.82) is 0 Å². The first kappa shape index (κ1) is 10.0. The molecule has 2 rings (SSSR count). The minimum Gasteiger partial charge on any atom is -0.300 e. The summed E-state index contributed by atoms with van der Waals surface area (Å²) in [6.45, 7) is 6.16. The molecule has 0 bridgehead atoms. The molecule has 0 amide bonds. The van der Waals surface area contributed by atoms with Crippen molar-refractivity contribution in [3.05, 3.63) is 0 Å². The smallest absolute Gasteiger partial charge is 0.0223 e. The van der Waals surface area contributed by atoms with E-state index in [9.17, 15) is 0 Å². The van der Waals surface area contributed by atoms with Crippen LogP contribution in [-0.4, -0.2) is 48.6 Å². The highest BCUT2D eigenvalue weighted by atomic mass is 15.3. The van der Waals surface area contributed by atoms with Crippen molar-refractivity contribution in [2.75, 3.05) is 32.7 Å². The Hall–Kier alpha value is -0.520. The van der Waals surface area contributed by atoms with E-state index in [0.29, 0.717) is 0 Å². The maximum atomic E-state index is 5.29. The molecule has 0 spiro atoms. The van der Waals surface area contributed by atoms with Gasteiger partial charge in [0.25, 0.3) is 0 Å². The maximum Gasteiger partial charge on any atom is 0.0223 e. The van der Waals surface area contributed by atoms with E-state index in [-0.39, 0.29) is 0 Å². The second kappa shape index (κ2) is 4.82. The minimum absolute atomic E-state index is 0.829. The molecule has 0 N–H and O–H groups in total. The normalized spacial score (nSPS) is 29.5. The molecule has 0 aliphatic carbocycles. The molecule has 2 nitrogen and oxygen atoms in total. The number of piperidine rings is 1. The molecule has 0 radical (unpaired) electrons. The molecule has 0 aromatic heterocycles. The Morgan fingerprint density at radius 2 is 2.14 bits per heavy atom. The monoisotopic (exact) mass is 192 g/mol. The average molecular weight is 192 g/mol. The number of hydrogen-bond acceptors (Lipinski definition) is 2. The molecule has 2 fully saturated rings. The molecule has 0 saturated carbocycles. The Labute approximate surface area is 87.3 Å². The Kier molecular flexibility index (Phi) is 3.44. The quantitative estimate of drug-likeness (QED) is 0.606. The summed E-state index contributed by atoms with van der Waals surface area (Å²) in [4.78, 5) is 5.20. The zero-order valence-electron chi connectivity index (χ0n) is 8.91. The lowest BCUT2D eigenvalue weighted by molar-refractivity contribution is 0.0506. The van der Waals surface area contributed by atoms with Gasteiger partial charge < -0.3 is 0 Å². The number of rotatable bonds is 2. The van der Waals surface area contributed by atoms with Crippen LogP contribution in [-0.2, 0) is 0 Å². The van der Waals surface area contributed by atoms with Gasteiger partial charge in [0.2, 0.25) is 0 Å². The van der Waals surface area contributed by atoms with Gasteiger partial charge >= 0.3 is 0 Å². The van der Waals surface area contributed by atoms with Crippen molar-refractivity contribution in [2.24, 2.45) is 0 Å². The van der Waals surface area contributed by atoms with Crippen molar-refractivity contribution in [3.63, 3.8) is 0 Å². The molecule has 2 heteroatoms. The van der Waals surface area contributed by atoms with Gasteiger partial charge in [0.1, 0.15) is 0 Å². The van der Waals surface area contributed by atoms with Crippen LogP contribution in [0.4, 0.5) is 0 Å². The van der Waals surface area contributed by atoms with Crippen LogP contribution >= 0.6 is 0 Å². The molecule has 1 atom stereocenters. The third-order valence-corrected chi connectivity index (χ3v) is 3.49. The van der Waals surface area contributed by atoms with Crippen LogP contribution < -0.4 is 0 Å². The van der Waals surface area contributed by atoms with Crippen molar-refractivity contribution in [1.82, 2.24) is 9.80 Å². The highest BCUT2D eigenvalue weighted by Crippen LogP contribution is 2.20. The average Bonchev–Trinajstić information content (AvgIpc) is 2.26. The summed E-state index contributed by atoms with van der Waals surface area (Å²) in [5.41, 5.74) is 0. The van der Waals surface area contributed by atoms with Crippen LogP contribution in [0.3, 0.4) is 0 Å². The van der Waals surface area contributed by atoms with E-state index in [1.807, 2.05) is 0 Å². The van der Waals surface area contributed by atoms with Crippen LogP contribution in [0.15, 0.2) is 0 Å². The van der Waals surface area contributed by atoms with Gasteiger partial charge in [-0.05, 0) is 19.4 Å². The summed E-state index contributed by atoms with van der Waals surface area (Å²) in [6, 6.07) is 0.829. The third-order valence-electron chi connectivity index (χ3n) is 3.49. The SMILES string of the molecule is C#CCCN1CCN2CCCCC2C1. The van der Waals surface area contributed by atoms with Crippen molar-refractivity contribution in [2.45, 2.75) is 31.7 Å². The van der Waals surface area contributed by atoms with Gasteiger partial charge in [-0.15, -0.1) is 12.3 Å². The van der Waals surface area contributed by atoms with Crippen molar-refractivity contribution < 1.29 is 0 Å². The van der Waals surface area contributed by atoms with E-state index in [4.69, 9.17) is 6.42 Å². The van der Waals surface area contributed by atoms with Crippen molar-refractivity contribution in [3.8, 4) is 12.3 Å². The van der Waals surface area contributed by atoms with Crippen molar-refractivity contribution >= 4 is 0 Å². The summed E-state index contributed by atoms with van der Waals surface area (Å²) >= 11 is 0. The zero-order chi connectivity index (χ0) is 9.80. The number of piperazine rings is 1. The first-order chi connectivity index (χ1) is 6.90. The molecule has 2 saturated heterocycles. The Morgan fingerprint density at radius 1 is 1.21 bits per heavy atom. The Balaban J connectivity index is 1.81. The Bertz CT molecular complexity index is 219. The first-order valence-corrected chi connectivity index (χ1v) is 5.80. The fraction of sp³-hybridized carbons (Fsp3) is 0.833. The van der Waals surface area contributed by atoms with Gasteiger partial charge in [0.15, 0.2) is 0 Å². The zero-order valence-corrected chi connectivity index (χ0v) is 8.91. The molecule has 2 aliphatic heterocycles. The topological polar surface area (TPSA) is 6.48 Å². The highest BCUT2D eigenvalue weighted by molar-refractivity contribution is 4.89. The number of nitrogens with zero attached hydrogens (tertiary/aromatic N) is 2. The van der Waals surface area contributed by atoms with E-state index in [1.165, 1.54) is 45.4 Å². The summed E-state index contributed by atoms with van der Waals surface area (Å²) < 4.78 is 0. The summed E-state index contributed by atoms with van der Waals surface area (Å²) in [5, 5.41) is 0. The van der Waals surface area contributed by atoms with E-state index in [2.05, 4.69) is 15.7 Å². The lowest BCUT2D eigenvalue weighted by Gasteiger charge is -2.44. The molecular weight excluding hydrogens is 172 g/mol. The van der Waals surface area contributed by atoms with Crippen LogP contribution in [0.25, 0.3) is 0 Å². The molecule has 2 aliphatic rings. The van der Waals surface area contributed by atoms with Crippen LogP contribution in [0, 0.1) is 12.3 Å². The van der Waals surface area contributed by atoms with E-state index >= 15 is 0 Å². The number of fused-ring (bicyclic) bond motifs is 1. The summed E-state index contributed by atoms with van der Waals surface area (Å²) in [7, 11) is 0.